The lowest BCUT2D eigenvalue weighted by atomic mass is 9.47. The summed E-state index contributed by atoms with van der Waals surface area (Å²) in [6.45, 7) is 8.02. The summed E-state index contributed by atoms with van der Waals surface area (Å²) in [5, 5.41) is 0. The normalized spacial score (nSPS) is 42.2. The molecule has 6 nitrogen and oxygen atoms in total. The Morgan fingerprint density at radius 3 is 2.66 bits per heavy atom. The molecule has 41 heavy (non-hydrogen) atoms. The van der Waals surface area contributed by atoms with E-state index in [9.17, 15) is 4.79 Å². The number of esters is 1. The van der Waals surface area contributed by atoms with Gasteiger partial charge in [-0.25, -0.2) is 0 Å². The summed E-state index contributed by atoms with van der Waals surface area (Å²) in [5.41, 5.74) is 3.88. The highest BCUT2D eigenvalue weighted by Gasteiger charge is 2.58. The van der Waals surface area contributed by atoms with Crippen LogP contribution in [0.15, 0.2) is 35.5 Å². The van der Waals surface area contributed by atoms with Crippen LogP contribution in [-0.2, 0) is 28.5 Å². The Morgan fingerprint density at radius 1 is 1.07 bits per heavy atom. The molecule has 0 aromatic heterocycles. The molecule has 0 saturated heterocycles. The Kier molecular flexibility index (Phi) is 9.84. The number of hydrogen-bond donors (Lipinski definition) is 0. The highest BCUT2D eigenvalue weighted by molar-refractivity contribution is 5.69. The third-order valence-corrected chi connectivity index (χ3v) is 12.0. The smallest absolute Gasteiger partial charge is 0.305 e. The number of ether oxygens (including phenoxy) is 5. The Balaban J connectivity index is 1.22. The zero-order chi connectivity index (χ0) is 29.2. The van der Waals surface area contributed by atoms with E-state index in [0.29, 0.717) is 29.8 Å². The SMILES string of the molecule is COC[C@H]1OC(O[C@H]2CC[C@@]3(C)C(=CC[C@H]4[C@@H]5CC[C@H](/C(C)=C/CCCC(=O)OC)[C@@]5(C)CC[C@@H]43)C2)C=C[C@@H]1OC. The van der Waals surface area contributed by atoms with Crippen LogP contribution in [0.3, 0.4) is 0 Å². The van der Waals surface area contributed by atoms with E-state index in [1.807, 2.05) is 6.08 Å². The van der Waals surface area contributed by atoms with Crippen molar-refractivity contribution in [2.24, 2.45) is 34.5 Å². The van der Waals surface area contributed by atoms with Crippen LogP contribution in [0.5, 0.6) is 0 Å². The van der Waals surface area contributed by atoms with Crippen molar-refractivity contribution in [2.45, 2.75) is 116 Å². The van der Waals surface area contributed by atoms with Gasteiger partial charge in [-0.15, -0.1) is 0 Å². The summed E-state index contributed by atoms with van der Waals surface area (Å²) in [4.78, 5) is 11.5. The summed E-state index contributed by atoms with van der Waals surface area (Å²) in [6.07, 6.45) is 21.0. The highest BCUT2D eigenvalue weighted by atomic mass is 16.7. The van der Waals surface area contributed by atoms with Crippen molar-refractivity contribution in [3.05, 3.63) is 35.5 Å². The van der Waals surface area contributed by atoms with Crippen LogP contribution in [0.4, 0.5) is 0 Å². The minimum atomic E-state index is -0.338. The first-order valence-corrected chi connectivity index (χ1v) is 16.2. The van der Waals surface area contributed by atoms with Crippen LogP contribution < -0.4 is 0 Å². The third kappa shape index (κ3) is 6.14. The predicted octanol–water partition coefficient (Wildman–Crippen LogP) is 7.18. The monoisotopic (exact) mass is 570 g/mol. The molecule has 6 heteroatoms. The molecule has 3 fully saturated rings. The molecule has 0 aromatic carbocycles. The first kappa shape index (κ1) is 31.0. The maximum atomic E-state index is 11.5. The van der Waals surface area contributed by atoms with Gasteiger partial charge in [0.2, 0.25) is 0 Å². The van der Waals surface area contributed by atoms with Gasteiger partial charge in [-0.1, -0.05) is 43.2 Å². The number of unbranched alkanes of at least 4 members (excludes halogenated alkanes) is 1. The lowest BCUT2D eigenvalue weighted by Crippen LogP contribution is -2.51. The van der Waals surface area contributed by atoms with Gasteiger partial charge >= 0.3 is 5.97 Å². The van der Waals surface area contributed by atoms with Crippen LogP contribution in [0, 0.1) is 34.5 Å². The Morgan fingerprint density at radius 2 is 1.90 bits per heavy atom. The summed E-state index contributed by atoms with van der Waals surface area (Å²) in [6, 6.07) is 0. The van der Waals surface area contributed by atoms with Gasteiger partial charge in [0, 0.05) is 20.6 Å². The molecule has 3 saturated carbocycles. The molecular formula is C35H54O6. The molecule has 1 unspecified atom stereocenters. The fourth-order valence-electron chi connectivity index (χ4n) is 9.73. The van der Waals surface area contributed by atoms with E-state index in [1.54, 1.807) is 25.4 Å². The van der Waals surface area contributed by atoms with Gasteiger partial charge in [-0.05, 0) is 112 Å². The summed E-state index contributed by atoms with van der Waals surface area (Å²) < 4.78 is 28.4. The zero-order valence-corrected chi connectivity index (χ0v) is 26.4. The number of carbonyl (C=O) groups is 1. The van der Waals surface area contributed by atoms with Gasteiger partial charge in [0.15, 0.2) is 6.29 Å². The van der Waals surface area contributed by atoms with E-state index in [1.165, 1.54) is 45.6 Å². The first-order valence-electron chi connectivity index (χ1n) is 16.2. The van der Waals surface area contributed by atoms with Crippen LogP contribution in [0.1, 0.15) is 91.4 Å². The number of hydrogen-bond acceptors (Lipinski definition) is 6. The maximum absolute atomic E-state index is 11.5. The second kappa shape index (κ2) is 13.0. The van der Waals surface area contributed by atoms with Gasteiger partial charge in [0.1, 0.15) is 12.2 Å². The number of carbonyl (C=O) groups excluding carboxylic acids is 1. The average Bonchev–Trinajstić information content (AvgIpc) is 3.33. The molecule has 1 heterocycles. The van der Waals surface area contributed by atoms with Gasteiger partial charge in [-0.3, -0.25) is 4.79 Å². The Labute approximate surface area is 248 Å². The lowest BCUT2D eigenvalue weighted by Gasteiger charge is -2.58. The van der Waals surface area contributed by atoms with E-state index in [2.05, 4.69) is 39.0 Å². The standard InChI is InChI=1S/C35H54O6/c1-23(9-7-8-10-32(36)39-6)27-13-14-28-26-12-11-24-21-25(17-19-34(24,2)29(26)18-20-35(27,28)3)40-33-16-15-30(38-5)31(41-33)22-37-4/h9,11,15-16,25-31,33H,7-8,10,12-14,17-22H2,1-6H3/b23-9+/t25-,26-,27+,28-,29-,30-,31+,33?,34-,35+/m0/s1. The highest BCUT2D eigenvalue weighted by Crippen LogP contribution is 2.67. The molecule has 230 valence electrons. The van der Waals surface area contributed by atoms with E-state index in [-0.39, 0.29) is 30.6 Å². The number of rotatable bonds is 10. The zero-order valence-electron chi connectivity index (χ0n) is 26.4. The molecule has 0 radical (unpaired) electrons. The van der Waals surface area contributed by atoms with Crippen LogP contribution in [0.2, 0.25) is 0 Å². The molecule has 1 aliphatic heterocycles. The van der Waals surface area contributed by atoms with E-state index < -0.39 is 0 Å². The Bertz CT molecular complexity index is 1020. The fourth-order valence-corrected chi connectivity index (χ4v) is 9.73. The average molecular weight is 571 g/mol. The molecule has 5 rings (SSSR count). The van der Waals surface area contributed by atoms with Gasteiger partial charge in [-0.2, -0.15) is 0 Å². The number of allylic oxidation sites excluding steroid dienone is 3. The minimum Gasteiger partial charge on any atom is -0.469 e. The van der Waals surface area contributed by atoms with Gasteiger partial charge < -0.3 is 23.7 Å². The molecule has 0 spiro atoms. The second-order valence-electron chi connectivity index (χ2n) is 13.9. The molecular weight excluding hydrogens is 516 g/mol. The topological polar surface area (TPSA) is 63.2 Å². The fraction of sp³-hybridized carbons (Fsp3) is 0.800. The van der Waals surface area contributed by atoms with Crippen molar-refractivity contribution in [1.29, 1.82) is 0 Å². The molecule has 5 aliphatic rings. The predicted molar refractivity (Wildman–Crippen MR) is 160 cm³/mol. The van der Waals surface area contributed by atoms with E-state index in [4.69, 9.17) is 23.7 Å². The van der Waals surface area contributed by atoms with Crippen LogP contribution in [-0.4, -0.2) is 58.5 Å². The van der Waals surface area contributed by atoms with E-state index >= 15 is 0 Å². The van der Waals surface area contributed by atoms with Crippen LogP contribution >= 0.6 is 0 Å². The van der Waals surface area contributed by atoms with Crippen molar-refractivity contribution in [3.8, 4) is 0 Å². The van der Waals surface area contributed by atoms with Crippen molar-refractivity contribution in [2.75, 3.05) is 27.9 Å². The maximum Gasteiger partial charge on any atom is 0.305 e. The largest absolute Gasteiger partial charge is 0.469 e. The minimum absolute atomic E-state index is 0.0968. The van der Waals surface area contributed by atoms with Gasteiger partial charge in [0.05, 0.1) is 19.8 Å². The molecule has 10 atom stereocenters. The molecule has 0 N–H and O–H groups in total. The first-order chi connectivity index (χ1) is 19.7. The van der Waals surface area contributed by atoms with Gasteiger partial charge in [0.25, 0.3) is 0 Å². The van der Waals surface area contributed by atoms with Crippen molar-refractivity contribution in [3.63, 3.8) is 0 Å². The third-order valence-electron chi connectivity index (χ3n) is 12.0. The Hall–Kier alpha value is -1.47. The van der Waals surface area contributed by atoms with E-state index in [0.717, 1.165) is 43.4 Å². The van der Waals surface area contributed by atoms with Crippen molar-refractivity contribution >= 4 is 5.97 Å². The van der Waals surface area contributed by atoms with Crippen LogP contribution in [0.25, 0.3) is 0 Å². The summed E-state index contributed by atoms with van der Waals surface area (Å²) in [7, 11) is 4.88. The van der Waals surface area contributed by atoms with Crippen molar-refractivity contribution < 1.29 is 28.5 Å². The number of fused-ring (bicyclic) bond motifs is 5. The summed E-state index contributed by atoms with van der Waals surface area (Å²) >= 11 is 0. The lowest BCUT2D eigenvalue weighted by molar-refractivity contribution is -0.208. The molecule has 0 bridgehead atoms. The molecule has 4 aliphatic carbocycles. The summed E-state index contributed by atoms with van der Waals surface area (Å²) in [5.74, 6) is 2.96. The molecule has 0 amide bonds. The quantitative estimate of drug-likeness (QED) is 0.157. The molecule has 0 aromatic rings. The van der Waals surface area contributed by atoms with Crippen molar-refractivity contribution in [1.82, 2.24) is 0 Å². The number of methoxy groups -OCH3 is 3. The second-order valence-corrected chi connectivity index (χ2v) is 13.9.